The van der Waals surface area contributed by atoms with Crippen molar-refractivity contribution in [3.05, 3.63) is 0 Å². The highest BCUT2D eigenvalue weighted by molar-refractivity contribution is 6.18. The smallest absolute Gasteiger partial charge is 0.0700 e. The van der Waals surface area contributed by atoms with Crippen molar-refractivity contribution in [1.29, 1.82) is 0 Å². The van der Waals surface area contributed by atoms with Gasteiger partial charge in [0.25, 0.3) is 0 Å². The van der Waals surface area contributed by atoms with E-state index in [9.17, 15) is 0 Å². The van der Waals surface area contributed by atoms with Crippen LogP contribution >= 0.6 is 11.6 Å². The van der Waals surface area contributed by atoms with Crippen LogP contribution in [0.2, 0.25) is 0 Å². The van der Waals surface area contributed by atoms with Crippen molar-refractivity contribution in [1.82, 2.24) is 5.32 Å². The van der Waals surface area contributed by atoms with Gasteiger partial charge in [0.15, 0.2) is 0 Å². The number of alkyl halides is 1. The molecule has 1 aliphatic rings. The van der Waals surface area contributed by atoms with Gasteiger partial charge in [-0.05, 0) is 12.8 Å². The fourth-order valence-electron chi connectivity index (χ4n) is 1.14. The minimum Gasteiger partial charge on any atom is -0.377 e. The van der Waals surface area contributed by atoms with Crippen LogP contribution in [0.15, 0.2) is 0 Å². The first-order chi connectivity index (χ1) is 4.93. The topological polar surface area (TPSA) is 21.3 Å². The lowest BCUT2D eigenvalue weighted by molar-refractivity contribution is 0.110. The number of hydrogen-bond acceptors (Lipinski definition) is 2. The summed E-state index contributed by atoms with van der Waals surface area (Å²) in [6.07, 6.45) is 2.87. The molecule has 10 heavy (non-hydrogen) atoms. The largest absolute Gasteiger partial charge is 0.377 e. The van der Waals surface area contributed by atoms with Gasteiger partial charge < -0.3 is 10.1 Å². The standard InChI is InChI=1S/C7H14ClNO/c8-3-4-9-6-7-2-1-5-10-7/h7,9H,1-6H2. The fraction of sp³-hybridized carbons (Fsp3) is 1.00. The summed E-state index contributed by atoms with van der Waals surface area (Å²) in [4.78, 5) is 0. The van der Waals surface area contributed by atoms with E-state index in [0.29, 0.717) is 12.0 Å². The first kappa shape index (κ1) is 8.31. The number of ether oxygens (including phenoxy) is 1. The van der Waals surface area contributed by atoms with Crippen molar-refractivity contribution in [2.45, 2.75) is 18.9 Å². The molecule has 1 rings (SSSR count). The molecular weight excluding hydrogens is 150 g/mol. The highest BCUT2D eigenvalue weighted by Crippen LogP contribution is 2.10. The van der Waals surface area contributed by atoms with Crippen LogP contribution in [0.3, 0.4) is 0 Å². The van der Waals surface area contributed by atoms with Crippen molar-refractivity contribution >= 4 is 11.6 Å². The molecule has 0 bridgehead atoms. The van der Waals surface area contributed by atoms with E-state index in [1.807, 2.05) is 0 Å². The minimum absolute atomic E-state index is 0.447. The molecule has 1 saturated heterocycles. The van der Waals surface area contributed by atoms with E-state index in [2.05, 4.69) is 5.32 Å². The molecule has 1 aliphatic heterocycles. The van der Waals surface area contributed by atoms with Gasteiger partial charge in [0, 0.05) is 25.6 Å². The lowest BCUT2D eigenvalue weighted by Gasteiger charge is -2.08. The van der Waals surface area contributed by atoms with Gasteiger partial charge in [-0.2, -0.15) is 0 Å². The molecule has 3 heteroatoms. The first-order valence-corrected chi connectivity index (χ1v) is 4.35. The molecule has 1 fully saturated rings. The molecule has 1 atom stereocenters. The van der Waals surface area contributed by atoms with Gasteiger partial charge in [-0.15, -0.1) is 11.6 Å². The summed E-state index contributed by atoms with van der Waals surface area (Å²) < 4.78 is 5.39. The maximum atomic E-state index is 5.48. The van der Waals surface area contributed by atoms with Gasteiger partial charge >= 0.3 is 0 Å². The predicted octanol–water partition coefficient (Wildman–Crippen LogP) is 0.994. The summed E-state index contributed by atoms with van der Waals surface area (Å²) in [5.74, 6) is 0.687. The van der Waals surface area contributed by atoms with E-state index in [1.165, 1.54) is 12.8 Å². The Morgan fingerprint density at radius 1 is 1.60 bits per heavy atom. The molecule has 60 valence electrons. The van der Waals surface area contributed by atoms with Crippen LogP contribution < -0.4 is 5.32 Å². The summed E-state index contributed by atoms with van der Waals surface area (Å²) in [6, 6.07) is 0. The second-order valence-electron chi connectivity index (χ2n) is 2.53. The fourth-order valence-corrected chi connectivity index (χ4v) is 1.27. The van der Waals surface area contributed by atoms with Gasteiger partial charge in [0.2, 0.25) is 0 Å². The van der Waals surface area contributed by atoms with Crippen LogP contribution in [0.4, 0.5) is 0 Å². The number of halogens is 1. The third-order valence-electron chi connectivity index (χ3n) is 1.67. The molecule has 0 spiro atoms. The van der Waals surface area contributed by atoms with E-state index in [4.69, 9.17) is 16.3 Å². The zero-order valence-corrected chi connectivity index (χ0v) is 6.86. The first-order valence-electron chi connectivity index (χ1n) is 3.82. The Labute approximate surface area is 66.9 Å². The van der Waals surface area contributed by atoms with E-state index < -0.39 is 0 Å². The van der Waals surface area contributed by atoms with Gasteiger partial charge in [-0.25, -0.2) is 0 Å². The van der Waals surface area contributed by atoms with Gasteiger partial charge in [-0.1, -0.05) is 0 Å². The number of hydrogen-bond donors (Lipinski definition) is 1. The monoisotopic (exact) mass is 163 g/mol. The average Bonchev–Trinajstić information content (AvgIpc) is 2.41. The van der Waals surface area contributed by atoms with Gasteiger partial charge in [-0.3, -0.25) is 0 Å². The Bertz CT molecular complexity index is 83.7. The number of nitrogens with one attached hydrogen (secondary N) is 1. The highest BCUT2D eigenvalue weighted by Gasteiger charge is 2.13. The van der Waals surface area contributed by atoms with Crippen molar-refractivity contribution in [3.63, 3.8) is 0 Å². The molecule has 0 aromatic heterocycles. The van der Waals surface area contributed by atoms with E-state index >= 15 is 0 Å². The Kier molecular flexibility index (Phi) is 4.10. The predicted molar refractivity (Wildman–Crippen MR) is 42.6 cm³/mol. The quantitative estimate of drug-likeness (QED) is 0.493. The molecule has 0 aromatic carbocycles. The minimum atomic E-state index is 0.447. The lowest BCUT2D eigenvalue weighted by Crippen LogP contribution is -2.27. The Morgan fingerprint density at radius 2 is 2.50 bits per heavy atom. The zero-order chi connectivity index (χ0) is 7.23. The molecule has 0 aliphatic carbocycles. The lowest BCUT2D eigenvalue weighted by atomic mass is 10.2. The SMILES string of the molecule is ClCCNCC1CCCO1. The molecule has 0 saturated carbocycles. The van der Waals surface area contributed by atoms with Crippen LogP contribution in [0.25, 0.3) is 0 Å². The molecule has 0 radical (unpaired) electrons. The normalized spacial score (nSPS) is 25.5. The summed E-state index contributed by atoms with van der Waals surface area (Å²) in [5.41, 5.74) is 0. The van der Waals surface area contributed by atoms with Crippen LogP contribution in [0.1, 0.15) is 12.8 Å². The van der Waals surface area contributed by atoms with Crippen molar-refractivity contribution in [2.24, 2.45) is 0 Å². The van der Waals surface area contributed by atoms with Crippen LogP contribution in [-0.4, -0.2) is 31.7 Å². The van der Waals surface area contributed by atoms with Crippen molar-refractivity contribution in [2.75, 3.05) is 25.6 Å². The molecule has 0 aromatic rings. The third-order valence-corrected chi connectivity index (χ3v) is 1.86. The molecule has 1 unspecified atom stereocenters. The summed E-state index contributed by atoms with van der Waals surface area (Å²) in [6.45, 7) is 2.79. The Balaban J connectivity index is 1.91. The summed E-state index contributed by atoms with van der Waals surface area (Å²) >= 11 is 5.48. The zero-order valence-electron chi connectivity index (χ0n) is 6.11. The van der Waals surface area contributed by atoms with Crippen LogP contribution in [0, 0.1) is 0 Å². The van der Waals surface area contributed by atoms with Crippen molar-refractivity contribution in [3.8, 4) is 0 Å². The van der Waals surface area contributed by atoms with Crippen LogP contribution in [-0.2, 0) is 4.74 Å². The highest BCUT2D eigenvalue weighted by atomic mass is 35.5. The molecule has 1 N–H and O–H groups in total. The third kappa shape index (κ3) is 2.86. The molecule has 0 amide bonds. The average molecular weight is 164 g/mol. The van der Waals surface area contributed by atoms with Crippen molar-refractivity contribution < 1.29 is 4.74 Å². The Hall–Kier alpha value is 0.210. The molecular formula is C7H14ClNO. The number of rotatable bonds is 4. The second-order valence-corrected chi connectivity index (χ2v) is 2.91. The van der Waals surface area contributed by atoms with E-state index in [-0.39, 0.29) is 0 Å². The van der Waals surface area contributed by atoms with E-state index in [0.717, 1.165) is 19.7 Å². The molecule has 1 heterocycles. The summed E-state index contributed by atoms with van der Waals surface area (Å²) in [7, 11) is 0. The Morgan fingerprint density at radius 3 is 3.10 bits per heavy atom. The maximum Gasteiger partial charge on any atom is 0.0700 e. The second kappa shape index (κ2) is 4.94. The van der Waals surface area contributed by atoms with Gasteiger partial charge in [0.1, 0.15) is 0 Å². The molecule has 2 nitrogen and oxygen atoms in total. The summed E-state index contributed by atoms with van der Waals surface area (Å²) in [5, 5.41) is 3.22. The van der Waals surface area contributed by atoms with Crippen LogP contribution in [0.5, 0.6) is 0 Å². The maximum absolute atomic E-state index is 5.48. The van der Waals surface area contributed by atoms with Gasteiger partial charge in [0.05, 0.1) is 6.10 Å². The van der Waals surface area contributed by atoms with E-state index in [1.54, 1.807) is 0 Å².